The molecule has 248 valence electrons. The van der Waals surface area contributed by atoms with Crippen molar-refractivity contribution in [1.82, 2.24) is 15.0 Å². The summed E-state index contributed by atoms with van der Waals surface area (Å²) in [7, 11) is 0. The molecule has 4 nitrogen and oxygen atoms in total. The lowest BCUT2D eigenvalue weighted by Gasteiger charge is -2.14. The number of nitrogens with zero attached hydrogens (tertiary/aromatic N) is 3. The Bertz CT molecular complexity index is 3220. The van der Waals surface area contributed by atoms with Gasteiger partial charge in [0.15, 0.2) is 17.5 Å². The van der Waals surface area contributed by atoms with Crippen LogP contribution in [0.15, 0.2) is 192 Å². The van der Waals surface area contributed by atoms with Crippen LogP contribution in [0.25, 0.3) is 100 Å². The molecular weight excluding hydrogens is 647 g/mol. The Morgan fingerprint density at radius 3 is 1.81 bits per heavy atom. The maximum Gasteiger partial charge on any atom is 0.164 e. The molecular formula is C49H31N3O. The van der Waals surface area contributed by atoms with Crippen molar-refractivity contribution in [3.05, 3.63) is 188 Å². The van der Waals surface area contributed by atoms with E-state index >= 15 is 0 Å². The Hall–Kier alpha value is -7.17. The molecule has 4 heteroatoms. The normalized spacial score (nSPS) is 12.7. The van der Waals surface area contributed by atoms with Gasteiger partial charge in [0.1, 0.15) is 11.2 Å². The molecule has 0 aliphatic carbocycles. The molecule has 8 aromatic carbocycles. The van der Waals surface area contributed by atoms with Crippen molar-refractivity contribution in [3.8, 4) is 67.5 Å². The van der Waals surface area contributed by atoms with Gasteiger partial charge < -0.3 is 4.42 Å². The Morgan fingerprint density at radius 2 is 1.00 bits per heavy atom. The highest BCUT2D eigenvalue weighted by Gasteiger charge is 2.19. The zero-order chi connectivity index (χ0) is 39.5. The monoisotopic (exact) mass is 682 g/mol. The number of aromatic nitrogens is 3. The maximum absolute atomic E-state index is 9.22. The Morgan fingerprint density at radius 1 is 0.377 bits per heavy atom. The van der Waals surface area contributed by atoms with Crippen LogP contribution in [0.4, 0.5) is 0 Å². The molecule has 0 aliphatic heterocycles. The van der Waals surface area contributed by atoms with E-state index in [0.717, 1.165) is 49.7 Å². The van der Waals surface area contributed by atoms with E-state index in [1.165, 1.54) is 12.1 Å². The maximum atomic E-state index is 9.22. The summed E-state index contributed by atoms with van der Waals surface area (Å²) >= 11 is 0. The lowest BCUT2D eigenvalue weighted by molar-refractivity contribution is 0.669. The van der Waals surface area contributed by atoms with Crippen LogP contribution < -0.4 is 0 Å². The van der Waals surface area contributed by atoms with Gasteiger partial charge in [0.2, 0.25) is 0 Å². The summed E-state index contributed by atoms with van der Waals surface area (Å²) in [6.07, 6.45) is 0. The van der Waals surface area contributed by atoms with Crippen molar-refractivity contribution in [1.29, 1.82) is 0 Å². The molecule has 0 bridgehead atoms. The SMILES string of the molecule is [2H]c1cc([2H])c2oc3c([2H])cc([2H])c(-c4nc(-c5ccc(-c6ccccc6)cc5)nc(-c5ccc(-c6ccccc6)c(-c6ccc7ccccc7c6)c5)n4)c3c2c1[2H]. The third-order valence-corrected chi connectivity index (χ3v) is 9.58. The van der Waals surface area contributed by atoms with Gasteiger partial charge in [-0.3, -0.25) is 0 Å². The van der Waals surface area contributed by atoms with Crippen LogP contribution >= 0.6 is 0 Å². The predicted molar refractivity (Wildman–Crippen MR) is 217 cm³/mol. The summed E-state index contributed by atoms with van der Waals surface area (Å²) in [6.45, 7) is 0. The summed E-state index contributed by atoms with van der Waals surface area (Å²) in [4.78, 5) is 15.1. The zero-order valence-corrected chi connectivity index (χ0v) is 28.3. The second-order valence-electron chi connectivity index (χ2n) is 12.8. The molecule has 2 heterocycles. The molecule has 0 radical (unpaired) electrons. The Kier molecular flexibility index (Phi) is 6.24. The lowest BCUT2D eigenvalue weighted by atomic mass is 9.91. The Balaban J connectivity index is 1.23. The topological polar surface area (TPSA) is 51.8 Å². The van der Waals surface area contributed by atoms with E-state index < -0.39 is 0 Å². The van der Waals surface area contributed by atoms with Crippen LogP contribution in [0, 0.1) is 0 Å². The van der Waals surface area contributed by atoms with Gasteiger partial charge in [0, 0.05) is 27.5 Å². The Labute approximate surface area is 313 Å². The number of benzene rings is 8. The number of hydrogen-bond donors (Lipinski definition) is 0. The fraction of sp³-hybridized carbons (Fsp3) is 0. The van der Waals surface area contributed by atoms with Gasteiger partial charge in [0.25, 0.3) is 0 Å². The fourth-order valence-electron chi connectivity index (χ4n) is 6.96. The number of fused-ring (bicyclic) bond motifs is 4. The number of para-hydroxylation sites is 1. The first kappa shape index (κ1) is 25.7. The highest BCUT2D eigenvalue weighted by molar-refractivity contribution is 6.11. The molecule has 10 aromatic rings. The van der Waals surface area contributed by atoms with Crippen molar-refractivity contribution >= 4 is 32.7 Å². The molecule has 0 N–H and O–H groups in total. The molecule has 0 amide bonds. The molecule has 0 saturated carbocycles. The highest BCUT2D eigenvalue weighted by atomic mass is 16.3. The second-order valence-corrected chi connectivity index (χ2v) is 12.8. The average Bonchev–Trinajstić information content (AvgIpc) is 3.68. The first-order chi connectivity index (χ1) is 28.3. The van der Waals surface area contributed by atoms with Crippen LogP contribution in [-0.4, -0.2) is 15.0 Å². The molecule has 0 unspecified atom stereocenters. The van der Waals surface area contributed by atoms with Gasteiger partial charge in [-0.2, -0.15) is 0 Å². The van der Waals surface area contributed by atoms with E-state index in [9.17, 15) is 1.37 Å². The van der Waals surface area contributed by atoms with Crippen LogP contribution in [-0.2, 0) is 0 Å². The minimum absolute atomic E-state index is 0.0553. The molecule has 2 aromatic heterocycles. The standard InChI is InChI=1S/C49H31N3O/c1-3-12-32(13-4-1)34-22-25-36(26-23-34)47-50-48(52-49(51-47)42-19-11-21-45-46(42)41-18-9-10-20-44(41)53-45)39-28-29-40(35-15-5-2-6-16-35)43(31-39)38-27-24-33-14-7-8-17-37(33)30-38/h1-31H/i9D,18D,19D,20D,21D. The van der Waals surface area contributed by atoms with E-state index in [0.29, 0.717) is 17.2 Å². The summed E-state index contributed by atoms with van der Waals surface area (Å²) in [6, 6.07) is 51.2. The van der Waals surface area contributed by atoms with Crippen LogP contribution in [0.3, 0.4) is 0 Å². The van der Waals surface area contributed by atoms with Gasteiger partial charge in [-0.05, 0) is 68.4 Å². The second kappa shape index (κ2) is 12.9. The van der Waals surface area contributed by atoms with E-state index in [-0.39, 0.29) is 63.5 Å². The van der Waals surface area contributed by atoms with E-state index in [2.05, 4.69) is 66.7 Å². The van der Waals surface area contributed by atoms with Crippen LogP contribution in [0.2, 0.25) is 0 Å². The molecule has 53 heavy (non-hydrogen) atoms. The minimum atomic E-state index is -0.168. The third kappa shape index (κ3) is 5.63. The van der Waals surface area contributed by atoms with Crippen molar-refractivity contribution < 1.29 is 11.3 Å². The van der Waals surface area contributed by atoms with Crippen molar-refractivity contribution in [3.63, 3.8) is 0 Å². The predicted octanol–water partition coefficient (Wildman–Crippen LogP) is 12.9. The first-order valence-electron chi connectivity index (χ1n) is 19.9. The van der Waals surface area contributed by atoms with E-state index in [1.54, 1.807) is 0 Å². The minimum Gasteiger partial charge on any atom is -0.456 e. The summed E-state index contributed by atoms with van der Waals surface area (Å²) in [5.41, 5.74) is 8.04. The summed E-state index contributed by atoms with van der Waals surface area (Å²) in [5, 5.41) is 2.68. The van der Waals surface area contributed by atoms with Crippen LogP contribution in [0.1, 0.15) is 6.85 Å². The van der Waals surface area contributed by atoms with Gasteiger partial charge in [-0.25, -0.2) is 15.0 Å². The average molecular weight is 683 g/mol. The van der Waals surface area contributed by atoms with Crippen molar-refractivity contribution in [2.24, 2.45) is 0 Å². The van der Waals surface area contributed by atoms with Gasteiger partial charge >= 0.3 is 0 Å². The van der Waals surface area contributed by atoms with Gasteiger partial charge in [-0.15, -0.1) is 0 Å². The van der Waals surface area contributed by atoms with Crippen molar-refractivity contribution in [2.45, 2.75) is 0 Å². The molecule has 10 rings (SSSR count). The summed E-state index contributed by atoms with van der Waals surface area (Å²) < 4.78 is 49.9. The molecule has 0 saturated heterocycles. The van der Waals surface area contributed by atoms with Gasteiger partial charge in [-0.1, -0.05) is 164 Å². The number of rotatable bonds is 6. The molecule has 0 atom stereocenters. The van der Waals surface area contributed by atoms with Crippen molar-refractivity contribution in [2.75, 3.05) is 0 Å². The fourth-order valence-corrected chi connectivity index (χ4v) is 6.96. The largest absolute Gasteiger partial charge is 0.456 e. The molecule has 0 spiro atoms. The van der Waals surface area contributed by atoms with Crippen LogP contribution in [0.5, 0.6) is 0 Å². The summed E-state index contributed by atoms with van der Waals surface area (Å²) in [5.74, 6) is 0.867. The van der Waals surface area contributed by atoms with Gasteiger partial charge in [0.05, 0.1) is 6.85 Å². The van der Waals surface area contributed by atoms with E-state index in [4.69, 9.17) is 24.9 Å². The zero-order valence-electron chi connectivity index (χ0n) is 33.3. The molecule has 0 fully saturated rings. The molecule has 0 aliphatic rings. The number of furan rings is 1. The third-order valence-electron chi connectivity index (χ3n) is 9.58. The van der Waals surface area contributed by atoms with E-state index in [1.807, 2.05) is 78.9 Å². The smallest absolute Gasteiger partial charge is 0.164 e. The first-order valence-corrected chi connectivity index (χ1v) is 17.4. The lowest BCUT2D eigenvalue weighted by Crippen LogP contribution is -2.01. The quantitative estimate of drug-likeness (QED) is 0.175. The highest BCUT2D eigenvalue weighted by Crippen LogP contribution is 2.39. The number of hydrogen-bond acceptors (Lipinski definition) is 4.